The second-order valence-corrected chi connectivity index (χ2v) is 5.11. The molecule has 0 spiro atoms. The third kappa shape index (κ3) is 3.14. The van der Waals surface area contributed by atoms with E-state index in [2.05, 4.69) is 6.92 Å². The minimum absolute atomic E-state index is 0.209. The van der Waals surface area contributed by atoms with Gasteiger partial charge in [-0.3, -0.25) is 0 Å². The van der Waals surface area contributed by atoms with E-state index in [0.29, 0.717) is 11.6 Å². The van der Waals surface area contributed by atoms with Gasteiger partial charge in [0.15, 0.2) is 0 Å². The van der Waals surface area contributed by atoms with E-state index in [0.717, 1.165) is 32.4 Å². The summed E-state index contributed by atoms with van der Waals surface area (Å²) in [6, 6.07) is 4.20. The number of nitrogen functional groups attached to an aromatic ring is 1. The maximum atomic E-state index is 12.8. The maximum absolute atomic E-state index is 12.8. The summed E-state index contributed by atoms with van der Waals surface area (Å²) in [6.45, 7) is 3.80. The zero-order valence-electron chi connectivity index (χ0n) is 11.0. The van der Waals surface area contributed by atoms with E-state index in [1.807, 2.05) is 4.90 Å². The van der Waals surface area contributed by atoms with E-state index in [-0.39, 0.29) is 5.69 Å². The lowest BCUT2D eigenvalue weighted by Crippen LogP contribution is -2.33. The molecular weight excluding hydrogens is 253 g/mol. The van der Waals surface area contributed by atoms with E-state index < -0.39 is 11.7 Å². The number of anilines is 2. The van der Waals surface area contributed by atoms with Crippen molar-refractivity contribution in [1.29, 1.82) is 0 Å². The first kappa shape index (κ1) is 14.0. The van der Waals surface area contributed by atoms with Crippen molar-refractivity contribution in [3.05, 3.63) is 23.8 Å². The van der Waals surface area contributed by atoms with Crippen LogP contribution < -0.4 is 10.6 Å². The van der Waals surface area contributed by atoms with Crippen LogP contribution in [0.25, 0.3) is 0 Å². The van der Waals surface area contributed by atoms with Crippen LogP contribution in [0, 0.1) is 5.92 Å². The molecule has 1 aliphatic heterocycles. The number of rotatable bonds is 2. The molecule has 0 unspecified atom stereocenters. The predicted molar refractivity (Wildman–Crippen MR) is 71.1 cm³/mol. The first-order valence-electron chi connectivity index (χ1n) is 6.63. The highest BCUT2D eigenvalue weighted by molar-refractivity contribution is 5.59. The van der Waals surface area contributed by atoms with E-state index in [4.69, 9.17) is 5.73 Å². The van der Waals surface area contributed by atoms with Gasteiger partial charge in [0.05, 0.1) is 5.56 Å². The van der Waals surface area contributed by atoms with Crippen molar-refractivity contribution in [3.8, 4) is 0 Å². The summed E-state index contributed by atoms with van der Waals surface area (Å²) in [4.78, 5) is 2.01. The molecule has 1 heterocycles. The lowest BCUT2D eigenvalue weighted by atomic mass is 9.94. The molecule has 1 aromatic carbocycles. The van der Waals surface area contributed by atoms with Crippen LogP contribution in [0.2, 0.25) is 0 Å². The van der Waals surface area contributed by atoms with Crippen LogP contribution in [0.5, 0.6) is 0 Å². The van der Waals surface area contributed by atoms with Gasteiger partial charge in [0.2, 0.25) is 0 Å². The molecule has 0 aliphatic carbocycles. The molecular formula is C14H19F3N2. The Bertz CT molecular complexity index is 435. The van der Waals surface area contributed by atoms with E-state index in [1.54, 1.807) is 6.07 Å². The molecule has 2 N–H and O–H groups in total. The molecule has 1 fully saturated rings. The van der Waals surface area contributed by atoms with Crippen molar-refractivity contribution in [2.24, 2.45) is 5.92 Å². The zero-order chi connectivity index (χ0) is 14.0. The zero-order valence-corrected chi connectivity index (χ0v) is 11.0. The second-order valence-electron chi connectivity index (χ2n) is 5.11. The lowest BCUT2D eigenvalue weighted by molar-refractivity contribution is -0.136. The van der Waals surface area contributed by atoms with Crippen molar-refractivity contribution in [2.45, 2.75) is 32.4 Å². The number of nitrogens with zero attached hydrogens (tertiary/aromatic N) is 1. The second kappa shape index (κ2) is 5.31. The Balaban J connectivity index is 2.18. The standard InChI is InChI=1S/C14H19F3N2/c1-2-10-5-7-19(8-6-10)11-3-4-13(18)12(9-11)14(15,16)17/h3-4,9-10H,2,5-8,18H2,1H3. The highest BCUT2D eigenvalue weighted by atomic mass is 19.4. The van der Waals surface area contributed by atoms with E-state index >= 15 is 0 Å². The van der Waals surface area contributed by atoms with Crippen molar-refractivity contribution in [1.82, 2.24) is 0 Å². The van der Waals surface area contributed by atoms with Crippen LogP contribution >= 0.6 is 0 Å². The molecule has 19 heavy (non-hydrogen) atoms. The monoisotopic (exact) mass is 272 g/mol. The SMILES string of the molecule is CCC1CCN(c2ccc(N)c(C(F)(F)F)c2)CC1. The largest absolute Gasteiger partial charge is 0.418 e. The van der Waals surface area contributed by atoms with Crippen LogP contribution in [0.4, 0.5) is 24.5 Å². The maximum Gasteiger partial charge on any atom is 0.418 e. The topological polar surface area (TPSA) is 29.3 Å². The summed E-state index contributed by atoms with van der Waals surface area (Å²) in [5, 5.41) is 0. The van der Waals surface area contributed by atoms with Crippen LogP contribution in [0.15, 0.2) is 18.2 Å². The number of nitrogens with two attached hydrogens (primary N) is 1. The first-order valence-corrected chi connectivity index (χ1v) is 6.63. The first-order chi connectivity index (χ1) is 8.91. The molecule has 2 rings (SSSR count). The highest BCUT2D eigenvalue weighted by Gasteiger charge is 2.33. The van der Waals surface area contributed by atoms with Gasteiger partial charge < -0.3 is 10.6 Å². The van der Waals surface area contributed by atoms with Gasteiger partial charge >= 0.3 is 6.18 Å². The van der Waals surface area contributed by atoms with Crippen molar-refractivity contribution >= 4 is 11.4 Å². The predicted octanol–water partition coefficient (Wildman–Crippen LogP) is 3.91. The van der Waals surface area contributed by atoms with Crippen LogP contribution in [0.1, 0.15) is 31.7 Å². The Labute approximate surface area is 111 Å². The minimum Gasteiger partial charge on any atom is -0.398 e. The summed E-state index contributed by atoms with van der Waals surface area (Å²) < 4.78 is 38.4. The highest BCUT2D eigenvalue weighted by Crippen LogP contribution is 2.36. The summed E-state index contributed by atoms with van der Waals surface area (Å²) in [6.07, 6.45) is -1.16. The average Bonchev–Trinajstić information content (AvgIpc) is 2.38. The molecule has 106 valence electrons. The fraction of sp³-hybridized carbons (Fsp3) is 0.571. The summed E-state index contributed by atoms with van der Waals surface area (Å²) in [5.41, 5.74) is 5.09. The van der Waals surface area contributed by atoms with Gasteiger partial charge in [-0.2, -0.15) is 13.2 Å². The molecule has 0 aromatic heterocycles. The number of piperidine rings is 1. The molecule has 0 amide bonds. The Morgan fingerprint density at radius 3 is 2.42 bits per heavy atom. The summed E-state index contributed by atoms with van der Waals surface area (Å²) in [5.74, 6) is 0.701. The molecule has 0 radical (unpaired) electrons. The number of halogens is 3. The number of benzene rings is 1. The van der Waals surface area contributed by atoms with E-state index in [1.165, 1.54) is 12.1 Å². The number of hydrogen-bond acceptors (Lipinski definition) is 2. The van der Waals surface area contributed by atoms with Crippen molar-refractivity contribution in [2.75, 3.05) is 23.7 Å². The molecule has 1 saturated heterocycles. The van der Waals surface area contributed by atoms with Crippen molar-refractivity contribution < 1.29 is 13.2 Å². The normalized spacial score (nSPS) is 17.8. The molecule has 5 heteroatoms. The van der Waals surface area contributed by atoms with E-state index in [9.17, 15) is 13.2 Å². The Kier molecular flexibility index (Phi) is 3.92. The lowest BCUT2D eigenvalue weighted by Gasteiger charge is -2.33. The molecule has 0 bridgehead atoms. The third-order valence-electron chi connectivity index (χ3n) is 3.90. The number of hydrogen-bond donors (Lipinski definition) is 1. The minimum atomic E-state index is -4.39. The average molecular weight is 272 g/mol. The Morgan fingerprint density at radius 1 is 1.26 bits per heavy atom. The molecule has 2 nitrogen and oxygen atoms in total. The third-order valence-corrected chi connectivity index (χ3v) is 3.90. The van der Waals surface area contributed by atoms with Gasteiger partial charge in [-0.05, 0) is 37.0 Å². The van der Waals surface area contributed by atoms with Gasteiger partial charge in [-0.25, -0.2) is 0 Å². The Morgan fingerprint density at radius 2 is 1.89 bits per heavy atom. The van der Waals surface area contributed by atoms with Crippen molar-refractivity contribution in [3.63, 3.8) is 0 Å². The molecule has 1 aliphatic rings. The molecule has 0 saturated carbocycles. The van der Waals surface area contributed by atoms with Crippen LogP contribution in [0.3, 0.4) is 0 Å². The Hall–Kier alpha value is -1.39. The summed E-state index contributed by atoms with van der Waals surface area (Å²) in [7, 11) is 0. The van der Waals surface area contributed by atoms with Crippen LogP contribution in [-0.4, -0.2) is 13.1 Å². The molecule has 0 atom stereocenters. The van der Waals surface area contributed by atoms with Crippen LogP contribution in [-0.2, 0) is 6.18 Å². The van der Waals surface area contributed by atoms with Gasteiger partial charge in [0.1, 0.15) is 0 Å². The number of alkyl halides is 3. The fourth-order valence-electron chi connectivity index (χ4n) is 2.59. The smallest absolute Gasteiger partial charge is 0.398 e. The quantitative estimate of drug-likeness (QED) is 0.827. The van der Waals surface area contributed by atoms with Gasteiger partial charge in [0.25, 0.3) is 0 Å². The summed E-state index contributed by atoms with van der Waals surface area (Å²) >= 11 is 0. The van der Waals surface area contributed by atoms with Gasteiger partial charge in [-0.1, -0.05) is 13.3 Å². The van der Waals surface area contributed by atoms with Gasteiger partial charge in [-0.15, -0.1) is 0 Å². The molecule has 1 aromatic rings. The fourth-order valence-corrected chi connectivity index (χ4v) is 2.59. The van der Waals surface area contributed by atoms with Gasteiger partial charge in [0, 0.05) is 24.5 Å².